The smallest absolute Gasteiger partial charge is 0 e. The number of thiocyanates is 1. The minimum atomic E-state index is 0. The number of hydrogen-bond acceptors (Lipinski definition) is 2. The van der Waals surface area contributed by atoms with Gasteiger partial charge in [0.05, 0.1) is 0 Å². The Morgan fingerprint density at radius 2 is 1.33 bits per heavy atom. The first kappa shape index (κ1) is 34.3. The van der Waals surface area contributed by atoms with Gasteiger partial charge in [0.15, 0.2) is 0 Å². The van der Waals surface area contributed by atoms with Gasteiger partial charge >= 0.3 is 0 Å². The Bertz CT molecular complexity index is 32.3. The minimum absolute atomic E-state index is 0. The van der Waals surface area contributed by atoms with Crippen molar-refractivity contribution in [3.05, 3.63) is 14.9 Å². The van der Waals surface area contributed by atoms with Gasteiger partial charge in [0, 0.05) is 17.1 Å². The van der Waals surface area contributed by atoms with E-state index in [-0.39, 0.29) is 31.9 Å². The monoisotopic (exact) mass is 151 g/mol. The Balaban J connectivity index is -0.00000000667. The van der Waals surface area contributed by atoms with Crippen molar-refractivity contribution < 1.29 is 17.1 Å². The van der Waals surface area contributed by atoms with Gasteiger partial charge in [-0.25, -0.2) is 5.26 Å². The molecule has 0 aliphatic heterocycles. The fourth-order valence-corrected chi connectivity index (χ4v) is 0. The molecule has 0 fully saturated rings. The maximum Gasteiger partial charge on any atom is 0 e. The van der Waals surface area contributed by atoms with Gasteiger partial charge < -0.3 is 27.5 Å². The summed E-state index contributed by atoms with van der Waals surface area (Å²) in [5.74, 6) is 0. The zero-order valence-corrected chi connectivity index (χ0v) is 5.42. The molecule has 0 aliphatic rings. The van der Waals surface area contributed by atoms with Crippen molar-refractivity contribution in [2.24, 2.45) is 0 Å². The third-order valence-corrected chi connectivity index (χ3v) is 0. The summed E-state index contributed by atoms with van der Waals surface area (Å²) >= 11 is 3.70. The summed E-state index contributed by atoms with van der Waals surface area (Å²) in [6.07, 6.45) is 0. The standard InChI is InChI=1S/CHNS.2CH3.Cu/c2-1-3;;;/h3H;2*1H3;/q;2*-1;/p-1. The molecule has 0 bridgehead atoms. The molecule has 0 unspecified atom stereocenters. The second-order valence-electron chi connectivity index (χ2n) is 0.0913. The summed E-state index contributed by atoms with van der Waals surface area (Å²) in [6, 6.07) is 0. The average molecular weight is 152 g/mol. The van der Waals surface area contributed by atoms with Crippen molar-refractivity contribution in [1.82, 2.24) is 0 Å². The number of nitrogens with zero attached hydrogens (tertiary/aromatic N) is 1. The SMILES string of the molecule is N#C[S-].[CH3-].[CH3-].[Cu]. The molecule has 43 valence electrons. The van der Waals surface area contributed by atoms with Crippen LogP contribution in [-0.2, 0) is 29.7 Å². The van der Waals surface area contributed by atoms with Crippen LogP contribution >= 0.6 is 0 Å². The van der Waals surface area contributed by atoms with E-state index in [9.17, 15) is 0 Å². The molecule has 0 saturated carbocycles. The van der Waals surface area contributed by atoms with E-state index < -0.39 is 0 Å². The van der Waals surface area contributed by atoms with Gasteiger partial charge in [0.2, 0.25) is 0 Å². The molecular formula is C3H6CuNS-3. The number of hydrogen-bond donors (Lipinski definition) is 0. The molecule has 0 heterocycles. The predicted octanol–water partition coefficient (Wildman–Crippen LogP) is 0.912. The van der Waals surface area contributed by atoms with E-state index in [1.165, 1.54) is 5.40 Å². The van der Waals surface area contributed by atoms with Crippen LogP contribution in [0.2, 0.25) is 0 Å². The Morgan fingerprint density at radius 3 is 1.33 bits per heavy atom. The molecule has 1 nitrogen and oxygen atoms in total. The first-order valence-electron chi connectivity index (χ1n) is 0.428. The molecule has 6 heavy (non-hydrogen) atoms. The van der Waals surface area contributed by atoms with Gasteiger partial charge in [-0.15, -0.1) is 0 Å². The largest absolute Gasteiger partial charge is 0.696 e. The summed E-state index contributed by atoms with van der Waals surface area (Å²) in [6.45, 7) is 0. The Kier molecular flexibility index (Phi) is 354. The van der Waals surface area contributed by atoms with Crippen molar-refractivity contribution in [2.45, 2.75) is 0 Å². The third kappa shape index (κ3) is 838. The normalized spacial score (nSPS) is 1.17. The van der Waals surface area contributed by atoms with Crippen LogP contribution in [0.25, 0.3) is 0 Å². The molecular weight excluding hydrogens is 146 g/mol. The van der Waals surface area contributed by atoms with Crippen LogP contribution in [0.5, 0.6) is 0 Å². The van der Waals surface area contributed by atoms with Crippen LogP contribution in [0, 0.1) is 25.5 Å². The van der Waals surface area contributed by atoms with Gasteiger partial charge in [-0.05, 0) is 0 Å². The van der Waals surface area contributed by atoms with Gasteiger partial charge in [-0.1, -0.05) is 5.40 Å². The van der Waals surface area contributed by atoms with Gasteiger partial charge in [-0.3, -0.25) is 0 Å². The predicted molar refractivity (Wildman–Crippen MR) is 25.8 cm³/mol. The number of rotatable bonds is 0. The molecule has 0 atom stereocenters. The topological polar surface area (TPSA) is 23.8 Å². The number of nitriles is 1. The molecule has 0 rings (SSSR count). The van der Waals surface area contributed by atoms with E-state index >= 15 is 0 Å². The Labute approximate surface area is 55.6 Å². The fraction of sp³-hybridized carbons (Fsp3) is 0. The molecule has 0 saturated heterocycles. The van der Waals surface area contributed by atoms with E-state index in [0.717, 1.165) is 0 Å². The van der Waals surface area contributed by atoms with Gasteiger partial charge in [-0.2, -0.15) is 0 Å². The quantitative estimate of drug-likeness (QED) is 0.223. The van der Waals surface area contributed by atoms with E-state index in [2.05, 4.69) is 12.6 Å². The maximum atomic E-state index is 7.13. The first-order chi connectivity index (χ1) is 1.41. The van der Waals surface area contributed by atoms with Gasteiger partial charge in [0.1, 0.15) is 0 Å². The van der Waals surface area contributed by atoms with Crippen molar-refractivity contribution in [3.63, 3.8) is 0 Å². The van der Waals surface area contributed by atoms with E-state index in [1.54, 1.807) is 0 Å². The first-order valence-corrected chi connectivity index (χ1v) is 0.836. The summed E-state index contributed by atoms with van der Waals surface area (Å²) in [5, 5.41) is 8.47. The zero-order chi connectivity index (χ0) is 2.71. The average Bonchev–Trinajstić information content (AvgIpc) is 0.918. The van der Waals surface area contributed by atoms with Crippen molar-refractivity contribution in [1.29, 1.82) is 5.26 Å². The minimum Gasteiger partial charge on any atom is -0.696 e. The summed E-state index contributed by atoms with van der Waals surface area (Å²) in [7, 11) is 0. The summed E-state index contributed by atoms with van der Waals surface area (Å²) in [4.78, 5) is 0. The van der Waals surface area contributed by atoms with E-state index in [4.69, 9.17) is 5.26 Å². The van der Waals surface area contributed by atoms with Crippen LogP contribution in [0.1, 0.15) is 0 Å². The molecule has 3 heteroatoms. The van der Waals surface area contributed by atoms with Crippen LogP contribution in [0.15, 0.2) is 0 Å². The Morgan fingerprint density at radius 1 is 1.33 bits per heavy atom. The summed E-state index contributed by atoms with van der Waals surface area (Å²) in [5.41, 5.74) is 0. The second kappa shape index (κ2) is 61.9. The van der Waals surface area contributed by atoms with Crippen LogP contribution in [-0.4, -0.2) is 0 Å². The molecule has 0 aromatic heterocycles. The van der Waals surface area contributed by atoms with Crippen LogP contribution in [0.3, 0.4) is 0 Å². The molecule has 0 amide bonds. The third-order valence-electron chi connectivity index (χ3n) is 0. The fourth-order valence-electron chi connectivity index (χ4n) is 0. The molecule has 0 aliphatic carbocycles. The zero-order valence-electron chi connectivity index (χ0n) is 3.66. The van der Waals surface area contributed by atoms with Crippen LogP contribution in [0.4, 0.5) is 0 Å². The maximum absolute atomic E-state index is 7.13. The van der Waals surface area contributed by atoms with Crippen molar-refractivity contribution in [2.75, 3.05) is 0 Å². The summed E-state index contributed by atoms with van der Waals surface area (Å²) < 4.78 is 0. The molecule has 0 aromatic rings. The van der Waals surface area contributed by atoms with Crippen molar-refractivity contribution in [3.8, 4) is 5.40 Å². The molecule has 0 aromatic carbocycles. The second-order valence-corrected chi connectivity index (χ2v) is 0.274. The molecule has 0 spiro atoms. The van der Waals surface area contributed by atoms with Crippen LogP contribution < -0.4 is 0 Å². The molecule has 1 radical (unpaired) electrons. The molecule has 0 N–H and O–H groups in total. The van der Waals surface area contributed by atoms with E-state index in [0.29, 0.717) is 0 Å². The van der Waals surface area contributed by atoms with Crippen molar-refractivity contribution >= 4 is 12.6 Å². The van der Waals surface area contributed by atoms with Gasteiger partial charge in [0.25, 0.3) is 0 Å². The Hall–Kier alpha value is 0.229. The van der Waals surface area contributed by atoms with E-state index in [1.807, 2.05) is 0 Å².